The van der Waals surface area contributed by atoms with Crippen LogP contribution in [-0.2, 0) is 16.4 Å². The average Bonchev–Trinajstić information content (AvgIpc) is 3.03. The van der Waals surface area contributed by atoms with Crippen molar-refractivity contribution in [3.63, 3.8) is 0 Å². The van der Waals surface area contributed by atoms with Crippen LogP contribution in [0.15, 0.2) is 18.2 Å². The minimum absolute atomic E-state index is 0.0627. The van der Waals surface area contributed by atoms with E-state index >= 15 is 0 Å². The summed E-state index contributed by atoms with van der Waals surface area (Å²) in [6.45, 7) is 3.10. The van der Waals surface area contributed by atoms with Crippen molar-refractivity contribution >= 4 is 21.6 Å². The molecule has 0 aromatic heterocycles. The molecule has 1 saturated heterocycles. The second kappa shape index (κ2) is 7.33. The molecule has 1 N–H and O–H groups in total. The van der Waals surface area contributed by atoms with Crippen molar-refractivity contribution in [1.29, 1.82) is 0 Å². The molecule has 0 atom stereocenters. The number of likely N-dealkylation sites (tertiary alicyclic amines) is 1. The van der Waals surface area contributed by atoms with Gasteiger partial charge in [0.25, 0.3) is 5.91 Å². The number of rotatable bonds is 5. The first-order chi connectivity index (χ1) is 11.9. The van der Waals surface area contributed by atoms with E-state index in [0.717, 1.165) is 38.0 Å². The molecule has 0 saturated carbocycles. The highest BCUT2D eigenvalue weighted by molar-refractivity contribution is 7.92. The Labute approximate surface area is 150 Å². The van der Waals surface area contributed by atoms with E-state index in [1.165, 1.54) is 17.0 Å². The van der Waals surface area contributed by atoms with Crippen molar-refractivity contribution in [3.8, 4) is 0 Å². The number of hydrogen-bond acceptors (Lipinski definition) is 4. The number of benzene rings is 1. The molecule has 3 rings (SSSR count). The van der Waals surface area contributed by atoms with E-state index in [2.05, 4.69) is 5.32 Å². The number of piperidine rings is 1. The number of sulfonamides is 1. The van der Waals surface area contributed by atoms with Gasteiger partial charge in [0.15, 0.2) is 0 Å². The molecular formula is C18H27N3O3S. The second-order valence-corrected chi connectivity index (χ2v) is 8.96. The summed E-state index contributed by atoms with van der Waals surface area (Å²) in [5.41, 5.74) is 2.33. The predicted molar refractivity (Wildman–Crippen MR) is 99.5 cm³/mol. The summed E-state index contributed by atoms with van der Waals surface area (Å²) in [4.78, 5) is 14.7. The lowest BCUT2D eigenvalue weighted by Crippen LogP contribution is -2.39. The Balaban J connectivity index is 1.67. The zero-order valence-electron chi connectivity index (χ0n) is 15.0. The Morgan fingerprint density at radius 3 is 2.60 bits per heavy atom. The molecule has 1 amide bonds. The third kappa shape index (κ3) is 3.98. The Morgan fingerprint density at radius 2 is 1.96 bits per heavy atom. The normalized spacial score (nSPS) is 18.5. The predicted octanol–water partition coefficient (Wildman–Crippen LogP) is 1.47. The molecule has 0 aliphatic carbocycles. The van der Waals surface area contributed by atoms with Gasteiger partial charge in [-0.2, -0.15) is 0 Å². The van der Waals surface area contributed by atoms with Crippen LogP contribution in [0.2, 0.25) is 0 Å². The lowest BCUT2D eigenvalue weighted by Gasteiger charge is -2.32. The SMILES string of the molecule is CNCCC1CCN(C(=O)c2ccc3c(c2)CCN3S(C)(=O)=O)CC1. The van der Waals surface area contributed by atoms with E-state index < -0.39 is 10.0 Å². The summed E-state index contributed by atoms with van der Waals surface area (Å²) in [5.74, 6) is 0.757. The summed E-state index contributed by atoms with van der Waals surface area (Å²) in [6, 6.07) is 5.41. The van der Waals surface area contributed by atoms with Gasteiger partial charge in [-0.05, 0) is 69.0 Å². The fraction of sp³-hybridized carbons (Fsp3) is 0.611. The van der Waals surface area contributed by atoms with Gasteiger partial charge in [0.2, 0.25) is 10.0 Å². The van der Waals surface area contributed by atoms with Gasteiger partial charge in [0, 0.05) is 25.2 Å². The zero-order valence-corrected chi connectivity index (χ0v) is 15.8. The van der Waals surface area contributed by atoms with Crippen molar-refractivity contribution in [3.05, 3.63) is 29.3 Å². The number of carbonyl (C=O) groups is 1. The zero-order chi connectivity index (χ0) is 18.0. The van der Waals surface area contributed by atoms with Gasteiger partial charge in [-0.15, -0.1) is 0 Å². The lowest BCUT2D eigenvalue weighted by atomic mass is 9.93. The molecule has 2 aliphatic rings. The van der Waals surface area contributed by atoms with Crippen molar-refractivity contribution in [2.45, 2.75) is 25.7 Å². The molecule has 2 aliphatic heterocycles. The van der Waals surface area contributed by atoms with Gasteiger partial charge in [-0.3, -0.25) is 9.10 Å². The van der Waals surface area contributed by atoms with Gasteiger partial charge in [-0.25, -0.2) is 8.42 Å². The minimum atomic E-state index is -3.25. The van der Waals surface area contributed by atoms with Gasteiger partial charge in [0.1, 0.15) is 0 Å². The Bertz CT molecular complexity index is 740. The standard InChI is InChI=1S/C18H27N3O3S/c1-19-9-5-14-6-10-20(11-7-14)18(22)16-3-4-17-15(13-16)8-12-21(17)25(2,23)24/h3-4,13-14,19H,5-12H2,1-2H3. The van der Waals surface area contributed by atoms with Crippen molar-refractivity contribution in [2.75, 3.05) is 43.8 Å². The first kappa shape index (κ1) is 18.2. The molecule has 0 unspecified atom stereocenters. The molecule has 1 fully saturated rings. The van der Waals surface area contributed by atoms with Crippen molar-refractivity contribution in [2.24, 2.45) is 5.92 Å². The van der Waals surface area contributed by atoms with Crippen LogP contribution in [0.5, 0.6) is 0 Å². The molecule has 1 aromatic rings. The van der Waals surface area contributed by atoms with Crippen LogP contribution >= 0.6 is 0 Å². The van der Waals surface area contributed by atoms with Crippen molar-refractivity contribution < 1.29 is 13.2 Å². The summed E-state index contributed by atoms with van der Waals surface area (Å²) < 4.78 is 25.0. The number of carbonyl (C=O) groups excluding carboxylic acids is 1. The van der Waals surface area contributed by atoms with Crippen LogP contribution in [0.25, 0.3) is 0 Å². The van der Waals surface area contributed by atoms with E-state index in [1.807, 2.05) is 18.0 Å². The van der Waals surface area contributed by atoms with Crippen LogP contribution in [0.3, 0.4) is 0 Å². The van der Waals surface area contributed by atoms with Crippen LogP contribution in [-0.4, -0.2) is 58.7 Å². The highest BCUT2D eigenvalue weighted by atomic mass is 32.2. The molecule has 0 spiro atoms. The molecule has 0 radical (unpaired) electrons. The summed E-state index contributed by atoms with van der Waals surface area (Å²) in [6.07, 6.45) is 5.16. The molecule has 1 aromatic carbocycles. The number of hydrogen-bond donors (Lipinski definition) is 1. The second-order valence-electron chi connectivity index (χ2n) is 7.06. The minimum Gasteiger partial charge on any atom is -0.339 e. The first-order valence-electron chi connectivity index (χ1n) is 8.94. The third-order valence-electron chi connectivity index (χ3n) is 5.28. The smallest absolute Gasteiger partial charge is 0.253 e. The van der Waals surface area contributed by atoms with Crippen LogP contribution < -0.4 is 9.62 Å². The Kier molecular flexibility index (Phi) is 5.34. The largest absolute Gasteiger partial charge is 0.339 e. The topological polar surface area (TPSA) is 69.7 Å². The molecular weight excluding hydrogens is 338 g/mol. The average molecular weight is 365 g/mol. The van der Waals surface area contributed by atoms with E-state index in [1.54, 1.807) is 12.1 Å². The van der Waals surface area contributed by atoms with Gasteiger partial charge < -0.3 is 10.2 Å². The van der Waals surface area contributed by atoms with E-state index in [-0.39, 0.29) is 5.91 Å². The molecule has 138 valence electrons. The highest BCUT2D eigenvalue weighted by Crippen LogP contribution is 2.31. The van der Waals surface area contributed by atoms with Gasteiger partial charge in [-0.1, -0.05) is 0 Å². The van der Waals surface area contributed by atoms with Crippen molar-refractivity contribution in [1.82, 2.24) is 10.2 Å². The summed E-state index contributed by atoms with van der Waals surface area (Å²) in [5, 5.41) is 3.19. The number of nitrogens with zero attached hydrogens (tertiary/aromatic N) is 2. The Morgan fingerprint density at radius 1 is 1.24 bits per heavy atom. The van der Waals surface area contributed by atoms with E-state index in [4.69, 9.17) is 0 Å². The molecule has 2 heterocycles. The maximum absolute atomic E-state index is 12.8. The molecule has 0 bridgehead atoms. The molecule has 7 heteroatoms. The van der Waals surface area contributed by atoms with Gasteiger partial charge >= 0.3 is 0 Å². The summed E-state index contributed by atoms with van der Waals surface area (Å²) in [7, 11) is -1.28. The number of fused-ring (bicyclic) bond motifs is 1. The molecule has 25 heavy (non-hydrogen) atoms. The fourth-order valence-corrected chi connectivity index (χ4v) is 4.76. The van der Waals surface area contributed by atoms with Crippen LogP contribution in [0.4, 0.5) is 5.69 Å². The quantitative estimate of drug-likeness (QED) is 0.858. The maximum Gasteiger partial charge on any atom is 0.253 e. The first-order valence-corrected chi connectivity index (χ1v) is 10.8. The fourth-order valence-electron chi connectivity index (χ4n) is 3.80. The number of amides is 1. The number of nitrogens with one attached hydrogen (secondary N) is 1. The lowest BCUT2D eigenvalue weighted by molar-refractivity contribution is 0.0687. The van der Waals surface area contributed by atoms with Crippen LogP contribution in [0, 0.1) is 5.92 Å². The van der Waals surface area contributed by atoms with E-state index in [9.17, 15) is 13.2 Å². The van der Waals surface area contributed by atoms with E-state index in [0.29, 0.717) is 30.1 Å². The Hall–Kier alpha value is -1.60. The number of anilines is 1. The van der Waals surface area contributed by atoms with Crippen LogP contribution in [0.1, 0.15) is 35.2 Å². The van der Waals surface area contributed by atoms with Gasteiger partial charge in [0.05, 0.1) is 11.9 Å². The summed E-state index contributed by atoms with van der Waals surface area (Å²) >= 11 is 0. The third-order valence-corrected chi connectivity index (χ3v) is 6.46. The molecule has 6 nitrogen and oxygen atoms in total. The monoisotopic (exact) mass is 365 g/mol. The maximum atomic E-state index is 12.8. The highest BCUT2D eigenvalue weighted by Gasteiger charge is 2.28.